The van der Waals surface area contributed by atoms with Gasteiger partial charge < -0.3 is 19.3 Å². The van der Waals surface area contributed by atoms with Crippen molar-refractivity contribution >= 4 is 22.4 Å². The summed E-state index contributed by atoms with van der Waals surface area (Å²) in [7, 11) is 2.20. The third kappa shape index (κ3) is 3.85. The fourth-order valence-electron chi connectivity index (χ4n) is 5.08. The third-order valence-electron chi connectivity index (χ3n) is 7.15. The molecule has 0 aromatic carbocycles. The molecule has 0 N–H and O–H groups in total. The Balaban J connectivity index is 1.49. The summed E-state index contributed by atoms with van der Waals surface area (Å²) >= 11 is 0. The van der Waals surface area contributed by atoms with E-state index in [1.54, 1.807) is 0 Å². The molecule has 1 unspecified atom stereocenters. The zero-order chi connectivity index (χ0) is 22.4. The molecule has 3 aromatic heterocycles. The highest BCUT2D eigenvalue weighted by atomic mass is 16.5. The second-order valence-electron chi connectivity index (χ2n) is 9.50. The Hall–Kier alpha value is -2.71. The van der Waals surface area contributed by atoms with E-state index < -0.39 is 0 Å². The van der Waals surface area contributed by atoms with Crippen LogP contribution in [0, 0.1) is 0 Å². The highest BCUT2D eigenvalue weighted by molar-refractivity contribution is 5.95. The molecule has 0 spiro atoms. The molecule has 33 heavy (non-hydrogen) atoms. The topological polar surface area (TPSA) is 68.5 Å². The fourth-order valence-corrected chi connectivity index (χ4v) is 5.08. The number of hydrogen-bond donors (Lipinski definition) is 0. The predicted molar refractivity (Wildman–Crippen MR) is 129 cm³/mol. The summed E-state index contributed by atoms with van der Waals surface area (Å²) in [5.41, 5.74) is 3.93. The second kappa shape index (κ2) is 8.57. The molecule has 1 saturated carbocycles. The van der Waals surface area contributed by atoms with Crippen LogP contribution in [0.4, 0.5) is 11.5 Å². The minimum absolute atomic E-state index is 0.0418. The second-order valence-corrected chi connectivity index (χ2v) is 9.50. The molecular formula is C25H32N6O2. The molecule has 3 aliphatic rings. The lowest BCUT2D eigenvalue weighted by atomic mass is 10.1. The van der Waals surface area contributed by atoms with Crippen molar-refractivity contribution < 1.29 is 9.47 Å². The zero-order valence-corrected chi connectivity index (χ0v) is 19.5. The van der Waals surface area contributed by atoms with Gasteiger partial charge in [0, 0.05) is 44.0 Å². The first kappa shape index (κ1) is 20.9. The van der Waals surface area contributed by atoms with Crippen LogP contribution in [0.25, 0.3) is 22.3 Å². The van der Waals surface area contributed by atoms with E-state index in [1.165, 1.54) is 18.5 Å². The Kier molecular flexibility index (Phi) is 5.42. The van der Waals surface area contributed by atoms with Crippen molar-refractivity contribution in [2.75, 3.05) is 43.2 Å². The lowest BCUT2D eigenvalue weighted by Gasteiger charge is -2.37. The first-order chi connectivity index (χ1) is 16.2. The van der Waals surface area contributed by atoms with Crippen molar-refractivity contribution in [3.8, 4) is 11.4 Å². The van der Waals surface area contributed by atoms with Crippen LogP contribution in [0.3, 0.4) is 0 Å². The molecule has 8 heteroatoms. The van der Waals surface area contributed by atoms with Crippen LogP contribution in [0.15, 0.2) is 30.6 Å². The molecule has 6 rings (SSSR count). The highest BCUT2D eigenvalue weighted by Crippen LogP contribution is 2.40. The third-order valence-corrected chi connectivity index (χ3v) is 7.15. The summed E-state index contributed by atoms with van der Waals surface area (Å²) in [5, 5.41) is 5.71. The Morgan fingerprint density at radius 3 is 2.79 bits per heavy atom. The molecule has 3 fully saturated rings. The minimum atomic E-state index is -0.0418. The van der Waals surface area contributed by atoms with Gasteiger partial charge in [0.05, 0.1) is 30.6 Å². The van der Waals surface area contributed by atoms with Gasteiger partial charge in [-0.25, -0.2) is 9.67 Å². The van der Waals surface area contributed by atoms with Crippen LogP contribution >= 0.6 is 0 Å². The quantitative estimate of drug-likeness (QED) is 0.584. The normalized spacial score (nSPS) is 23.8. The highest BCUT2D eigenvalue weighted by Gasteiger charge is 2.32. The minimum Gasteiger partial charge on any atom is -0.377 e. The number of fused-ring (bicyclic) bond motifs is 1. The molecule has 0 amide bonds. The van der Waals surface area contributed by atoms with Gasteiger partial charge in [0.15, 0.2) is 12.0 Å². The summed E-state index contributed by atoms with van der Waals surface area (Å²) in [6.45, 7) is 5.28. The van der Waals surface area contributed by atoms with Crippen LogP contribution < -0.4 is 9.80 Å². The van der Waals surface area contributed by atoms with Crippen LogP contribution in [0.2, 0.25) is 0 Å². The molecule has 0 radical (unpaired) electrons. The van der Waals surface area contributed by atoms with Gasteiger partial charge in [-0.1, -0.05) is 0 Å². The SMILES string of the molecule is C[C@@H]1COCCN1c1nc2c(-c3ccnn3C3CCCCO3)nccc2cc1N(C)C1CC1. The Morgan fingerprint density at radius 2 is 2.00 bits per heavy atom. The van der Waals surface area contributed by atoms with Crippen LogP contribution in [-0.2, 0) is 9.47 Å². The van der Waals surface area contributed by atoms with E-state index in [9.17, 15) is 0 Å². The van der Waals surface area contributed by atoms with Crippen molar-refractivity contribution in [2.45, 2.75) is 57.3 Å². The average Bonchev–Trinajstić information content (AvgIpc) is 3.60. The number of aromatic nitrogens is 4. The van der Waals surface area contributed by atoms with E-state index in [-0.39, 0.29) is 12.3 Å². The van der Waals surface area contributed by atoms with Gasteiger partial charge >= 0.3 is 0 Å². The smallest absolute Gasteiger partial charge is 0.153 e. The number of morpholine rings is 1. The maximum Gasteiger partial charge on any atom is 0.153 e. The molecular weight excluding hydrogens is 416 g/mol. The van der Waals surface area contributed by atoms with E-state index in [0.717, 1.165) is 73.7 Å². The number of hydrogen-bond acceptors (Lipinski definition) is 7. The summed E-state index contributed by atoms with van der Waals surface area (Å²) in [4.78, 5) is 14.9. The van der Waals surface area contributed by atoms with Gasteiger partial charge in [0.25, 0.3) is 0 Å². The molecule has 3 aromatic rings. The van der Waals surface area contributed by atoms with Crippen molar-refractivity contribution in [2.24, 2.45) is 0 Å². The Labute approximate surface area is 194 Å². The number of rotatable bonds is 5. The van der Waals surface area contributed by atoms with Crippen LogP contribution in [0.5, 0.6) is 0 Å². The summed E-state index contributed by atoms with van der Waals surface area (Å²) < 4.78 is 13.8. The Bertz CT molecular complexity index is 1140. The van der Waals surface area contributed by atoms with Crippen molar-refractivity contribution in [1.29, 1.82) is 0 Å². The summed E-state index contributed by atoms with van der Waals surface area (Å²) in [5.74, 6) is 1.03. The number of ether oxygens (including phenoxy) is 2. The largest absolute Gasteiger partial charge is 0.377 e. The van der Waals surface area contributed by atoms with Gasteiger partial charge in [-0.3, -0.25) is 4.98 Å². The van der Waals surface area contributed by atoms with Gasteiger partial charge in [0.2, 0.25) is 0 Å². The van der Waals surface area contributed by atoms with Gasteiger partial charge in [-0.15, -0.1) is 0 Å². The van der Waals surface area contributed by atoms with E-state index in [4.69, 9.17) is 19.4 Å². The average molecular weight is 449 g/mol. The molecule has 2 atom stereocenters. The van der Waals surface area contributed by atoms with Gasteiger partial charge in [-0.2, -0.15) is 5.10 Å². The van der Waals surface area contributed by atoms with Crippen molar-refractivity contribution in [3.63, 3.8) is 0 Å². The van der Waals surface area contributed by atoms with E-state index in [0.29, 0.717) is 6.04 Å². The van der Waals surface area contributed by atoms with Crippen LogP contribution in [0.1, 0.15) is 45.3 Å². The van der Waals surface area contributed by atoms with E-state index in [1.807, 2.05) is 23.1 Å². The molecule has 8 nitrogen and oxygen atoms in total. The maximum atomic E-state index is 6.04. The maximum absolute atomic E-state index is 6.04. The molecule has 2 aliphatic heterocycles. The van der Waals surface area contributed by atoms with Crippen LogP contribution in [-0.4, -0.2) is 65.2 Å². The zero-order valence-electron chi connectivity index (χ0n) is 19.5. The van der Waals surface area contributed by atoms with Gasteiger partial charge in [0.1, 0.15) is 11.2 Å². The van der Waals surface area contributed by atoms with E-state index >= 15 is 0 Å². The number of nitrogens with zero attached hydrogens (tertiary/aromatic N) is 6. The first-order valence-corrected chi connectivity index (χ1v) is 12.2. The summed E-state index contributed by atoms with van der Waals surface area (Å²) in [6, 6.07) is 7.27. The fraction of sp³-hybridized carbons (Fsp3) is 0.560. The molecule has 2 saturated heterocycles. The lowest BCUT2D eigenvalue weighted by Crippen LogP contribution is -2.45. The molecule has 0 bridgehead atoms. The lowest BCUT2D eigenvalue weighted by molar-refractivity contribution is -0.0383. The molecule has 1 aliphatic carbocycles. The monoisotopic (exact) mass is 448 g/mol. The predicted octanol–water partition coefficient (Wildman–Crippen LogP) is 4.02. The first-order valence-electron chi connectivity index (χ1n) is 12.2. The van der Waals surface area contributed by atoms with Crippen molar-refractivity contribution in [3.05, 3.63) is 30.6 Å². The standard InChI is InChI=1S/C25H32N6O2/c1-17-16-32-14-12-30(17)25-21(29(2)19-6-7-19)15-18-8-10-26-24(23(18)28-25)20-9-11-27-31(20)22-5-3-4-13-33-22/h8-11,15,17,19,22H,3-7,12-14,16H2,1-2H3/t17-,22?/m1/s1. The van der Waals surface area contributed by atoms with E-state index in [2.05, 4.69) is 41.0 Å². The Morgan fingerprint density at radius 1 is 1.09 bits per heavy atom. The van der Waals surface area contributed by atoms with Gasteiger partial charge in [-0.05, 0) is 57.2 Å². The summed E-state index contributed by atoms with van der Waals surface area (Å²) in [6.07, 6.45) is 9.41. The van der Waals surface area contributed by atoms with Crippen molar-refractivity contribution in [1.82, 2.24) is 19.7 Å². The number of pyridine rings is 2. The molecule has 174 valence electrons. The molecule has 5 heterocycles. The number of anilines is 2.